The van der Waals surface area contributed by atoms with E-state index in [1.54, 1.807) is 0 Å². The van der Waals surface area contributed by atoms with E-state index in [1.807, 2.05) is 0 Å². The fraction of sp³-hybridized carbons (Fsp3) is 0.0380. The monoisotopic (exact) mass is 1040 g/mol. The third-order valence-electron chi connectivity index (χ3n) is 18.3. The van der Waals surface area contributed by atoms with E-state index in [2.05, 4.69) is 319 Å². The fourth-order valence-electron chi connectivity index (χ4n) is 15.0. The van der Waals surface area contributed by atoms with E-state index in [0.717, 1.165) is 55.6 Å². The molecule has 0 N–H and O–H groups in total. The predicted octanol–water partition coefficient (Wildman–Crippen LogP) is 18.0. The SMILES string of the molecule is c1ccc(C2=c3c4cc(N(c5ccc6c(c5)C(c5ccccc5)(c5ccccc5)c5ccccc5-6)c5cccc6c5-c5ccccc5C65c6ccccc6-c6ccccc65)ccc4cc(-c4ccccc4)[n+]3=NC2c2ccccc2)cc1. The molecule has 0 saturated heterocycles. The Morgan fingerprint density at radius 2 is 0.805 bits per heavy atom. The molecule has 3 aliphatic carbocycles. The molecule has 0 fully saturated rings. The first-order valence-electron chi connectivity index (χ1n) is 28.6. The molecular weight excluding hydrogens is 991 g/mol. The molecule has 382 valence electrons. The molecule has 2 heterocycles. The van der Waals surface area contributed by atoms with Gasteiger partial charge in [-0.2, -0.15) is 0 Å². The highest BCUT2D eigenvalue weighted by Gasteiger charge is 2.53. The number of fused-ring (bicyclic) bond motifs is 16. The van der Waals surface area contributed by atoms with Crippen molar-refractivity contribution >= 4 is 33.4 Å². The number of pyridine rings is 1. The van der Waals surface area contributed by atoms with E-state index in [0.29, 0.717) is 0 Å². The van der Waals surface area contributed by atoms with Gasteiger partial charge in [-0.25, -0.2) is 0 Å². The predicted molar refractivity (Wildman–Crippen MR) is 333 cm³/mol. The smallest absolute Gasteiger partial charge is 0.252 e. The first kappa shape index (κ1) is 46.4. The highest BCUT2D eigenvalue weighted by Crippen LogP contribution is 2.65. The van der Waals surface area contributed by atoms with Crippen molar-refractivity contribution in [3.63, 3.8) is 0 Å². The van der Waals surface area contributed by atoms with Crippen molar-refractivity contribution in [2.45, 2.75) is 16.9 Å². The summed E-state index contributed by atoms with van der Waals surface area (Å²) in [6.07, 6.45) is 0. The van der Waals surface area contributed by atoms with Gasteiger partial charge in [0, 0.05) is 28.6 Å². The molecule has 0 radical (unpaired) electrons. The molecule has 1 unspecified atom stereocenters. The lowest BCUT2D eigenvalue weighted by molar-refractivity contribution is -0.546. The Labute approximate surface area is 477 Å². The van der Waals surface area contributed by atoms with Gasteiger partial charge in [0.15, 0.2) is 6.04 Å². The van der Waals surface area contributed by atoms with Gasteiger partial charge in [0.05, 0.1) is 27.5 Å². The quantitative estimate of drug-likeness (QED) is 0.139. The van der Waals surface area contributed by atoms with Crippen LogP contribution in [0.3, 0.4) is 0 Å². The molecule has 12 aromatic carbocycles. The number of hydrogen-bond donors (Lipinski definition) is 0. The molecule has 3 heteroatoms. The second kappa shape index (κ2) is 18.0. The lowest BCUT2D eigenvalue weighted by atomic mass is 9.67. The van der Waals surface area contributed by atoms with Crippen molar-refractivity contribution < 1.29 is 4.36 Å². The van der Waals surface area contributed by atoms with Gasteiger partial charge < -0.3 is 4.90 Å². The van der Waals surface area contributed by atoms with Crippen LogP contribution in [0.25, 0.3) is 61.0 Å². The Balaban J connectivity index is 0.999. The summed E-state index contributed by atoms with van der Waals surface area (Å²) in [5.41, 5.74) is 25.6. The fourth-order valence-corrected chi connectivity index (χ4v) is 15.0. The van der Waals surface area contributed by atoms with Gasteiger partial charge in [-0.15, -0.1) is 0 Å². The van der Waals surface area contributed by atoms with Gasteiger partial charge in [-0.3, -0.25) is 0 Å². The molecule has 17 rings (SSSR count). The number of nitrogens with zero attached hydrogens (tertiary/aromatic N) is 3. The van der Waals surface area contributed by atoms with Gasteiger partial charge >= 0.3 is 0 Å². The van der Waals surface area contributed by atoms with Crippen LogP contribution in [0.5, 0.6) is 0 Å². The van der Waals surface area contributed by atoms with Crippen molar-refractivity contribution in [2.75, 3.05) is 4.90 Å². The molecule has 1 atom stereocenters. The highest BCUT2D eigenvalue weighted by molar-refractivity contribution is 6.03. The molecule has 3 nitrogen and oxygen atoms in total. The van der Waals surface area contributed by atoms with Gasteiger partial charge in [0.1, 0.15) is 0 Å². The third kappa shape index (κ3) is 6.42. The summed E-state index contributed by atoms with van der Waals surface area (Å²) in [7, 11) is 0. The molecule has 1 spiro atoms. The van der Waals surface area contributed by atoms with Crippen molar-refractivity contribution in [2.24, 2.45) is 5.11 Å². The zero-order valence-corrected chi connectivity index (χ0v) is 44.9. The number of aromatic nitrogens is 1. The second-order valence-corrected chi connectivity index (χ2v) is 22.2. The van der Waals surface area contributed by atoms with E-state index in [4.69, 9.17) is 5.11 Å². The van der Waals surface area contributed by atoms with Crippen molar-refractivity contribution in [1.82, 2.24) is 0 Å². The van der Waals surface area contributed by atoms with Crippen molar-refractivity contribution in [3.8, 4) is 44.6 Å². The minimum Gasteiger partial charge on any atom is -0.310 e. The number of benzene rings is 12. The molecule has 82 heavy (non-hydrogen) atoms. The van der Waals surface area contributed by atoms with E-state index in [1.165, 1.54) is 83.5 Å². The standard InChI is InChI=1S/C79H52N3/c1-6-25-52(26-7-1)73-49-55-45-46-58(50-65(55)77-74(53-27-8-2-9-28-53)76(80-82(73)77)54-29-10-3-11-30-54)81(59-47-48-63-62-37-16-20-39-66(62)78(71(63)51-59,56-31-12-4-13-32-56)57-33-14-5-15-34-57)72-44-24-43-70-75(72)64-38-19-23-42-69(64)79(70)67-40-21-17-35-60(67)61-36-18-22-41-68(61)79/h1-51,76H/q+1. The van der Waals surface area contributed by atoms with Gasteiger partial charge in [0.2, 0.25) is 5.69 Å². The first-order valence-corrected chi connectivity index (χ1v) is 28.6. The molecule has 1 aliphatic heterocycles. The zero-order chi connectivity index (χ0) is 53.9. The van der Waals surface area contributed by atoms with Crippen molar-refractivity contribution in [3.05, 3.63) is 370 Å². The van der Waals surface area contributed by atoms with E-state index < -0.39 is 10.8 Å². The van der Waals surface area contributed by atoms with E-state index in [-0.39, 0.29) is 6.04 Å². The molecule has 4 aliphatic rings. The molecule has 0 saturated carbocycles. The number of anilines is 3. The summed E-state index contributed by atoms with van der Waals surface area (Å²) in [5, 5.41) is 9.11. The Morgan fingerprint density at radius 3 is 1.41 bits per heavy atom. The molecule has 1 aromatic heterocycles. The summed E-state index contributed by atoms with van der Waals surface area (Å²) >= 11 is 0. The van der Waals surface area contributed by atoms with Gasteiger partial charge in [-0.1, -0.05) is 261 Å². The van der Waals surface area contributed by atoms with Gasteiger partial charge in [-0.05, 0) is 141 Å². The van der Waals surface area contributed by atoms with E-state index in [9.17, 15) is 0 Å². The molecule has 0 bridgehead atoms. The van der Waals surface area contributed by atoms with Crippen LogP contribution < -0.4 is 14.6 Å². The highest BCUT2D eigenvalue weighted by atomic mass is 15.2. The molecule has 0 amide bonds. The molecular formula is C79H52N3+. The summed E-state index contributed by atoms with van der Waals surface area (Å²) in [4.78, 5) is 2.58. The van der Waals surface area contributed by atoms with Crippen molar-refractivity contribution in [1.29, 1.82) is 0 Å². The minimum absolute atomic E-state index is 0.249. The zero-order valence-electron chi connectivity index (χ0n) is 44.9. The Kier molecular flexibility index (Phi) is 10.2. The second-order valence-electron chi connectivity index (χ2n) is 22.2. The number of hydrogen-bond acceptors (Lipinski definition) is 2. The Morgan fingerprint density at radius 1 is 0.341 bits per heavy atom. The average Bonchev–Trinajstić information content (AvgIpc) is 1.66. The number of rotatable bonds is 8. The van der Waals surface area contributed by atoms with Crippen LogP contribution in [0.4, 0.5) is 17.1 Å². The van der Waals surface area contributed by atoms with Crippen LogP contribution in [-0.4, -0.2) is 0 Å². The van der Waals surface area contributed by atoms with Crippen LogP contribution in [0, 0.1) is 0 Å². The van der Waals surface area contributed by atoms with Crippen LogP contribution in [0.1, 0.15) is 61.7 Å². The van der Waals surface area contributed by atoms with Crippen LogP contribution in [-0.2, 0) is 10.8 Å². The van der Waals surface area contributed by atoms with Gasteiger partial charge in [0.25, 0.3) is 5.35 Å². The topological polar surface area (TPSA) is 21.5 Å². The maximum Gasteiger partial charge on any atom is 0.252 e. The summed E-state index contributed by atoms with van der Waals surface area (Å²) in [6.45, 7) is 0. The van der Waals surface area contributed by atoms with Crippen LogP contribution in [0.15, 0.2) is 314 Å². The summed E-state index contributed by atoms with van der Waals surface area (Å²) < 4.78 is 2.25. The Hall–Kier alpha value is -10.5. The molecule has 13 aromatic rings. The maximum atomic E-state index is 5.75. The summed E-state index contributed by atoms with van der Waals surface area (Å²) in [6, 6.07) is 115. The average molecular weight is 1040 g/mol. The first-order chi connectivity index (χ1) is 40.7. The van der Waals surface area contributed by atoms with Crippen LogP contribution in [0.2, 0.25) is 0 Å². The summed E-state index contributed by atoms with van der Waals surface area (Å²) in [5.74, 6) is 0. The Bertz CT molecular complexity index is 4770. The lowest BCUT2D eigenvalue weighted by Crippen LogP contribution is -2.38. The lowest BCUT2D eigenvalue weighted by Gasteiger charge is -2.35. The van der Waals surface area contributed by atoms with Crippen LogP contribution >= 0.6 is 0 Å². The maximum absolute atomic E-state index is 5.75. The van der Waals surface area contributed by atoms with E-state index >= 15 is 0 Å². The third-order valence-corrected chi connectivity index (χ3v) is 18.3. The normalized spacial score (nSPS) is 15.0. The largest absolute Gasteiger partial charge is 0.310 e. The minimum atomic E-state index is -0.606.